The lowest BCUT2D eigenvalue weighted by molar-refractivity contribution is -0.114. The van der Waals surface area contributed by atoms with Gasteiger partial charge in [0, 0.05) is 11.4 Å². The van der Waals surface area contributed by atoms with Crippen LogP contribution in [-0.2, 0) is 4.79 Å². The topological polar surface area (TPSA) is 41.1 Å². The summed E-state index contributed by atoms with van der Waals surface area (Å²) >= 11 is 11.8. The number of hydrogen-bond acceptors (Lipinski definition) is 2. The molecule has 0 aliphatic heterocycles. The number of nitrogens with one attached hydrogen (secondary N) is 2. The molecular weight excluding hydrogens is 331 g/mol. The number of anilines is 2. The predicted octanol–water partition coefficient (Wildman–Crippen LogP) is 5.20. The lowest BCUT2D eigenvalue weighted by atomic mass is 10.1. The van der Waals surface area contributed by atoms with Crippen molar-refractivity contribution in [2.45, 2.75) is 0 Å². The number of hydrogen-bond donors (Lipinski definition) is 2. The fourth-order valence-corrected chi connectivity index (χ4v) is 2.56. The molecule has 23 heavy (non-hydrogen) atoms. The van der Waals surface area contributed by atoms with Crippen molar-refractivity contribution in [2.24, 2.45) is 0 Å². The summed E-state index contributed by atoms with van der Waals surface area (Å²) in [6, 6.07) is 19.0. The molecule has 116 valence electrons. The zero-order valence-corrected chi connectivity index (χ0v) is 13.7. The smallest absolute Gasteiger partial charge is 0.243 e. The Morgan fingerprint density at radius 1 is 0.826 bits per heavy atom. The summed E-state index contributed by atoms with van der Waals surface area (Å²) in [5, 5.41) is 9.04. The molecule has 3 aromatic carbocycles. The Hall–Kier alpha value is -2.23. The molecule has 0 unspecified atom stereocenters. The highest BCUT2D eigenvalue weighted by Gasteiger charge is 2.04. The Kier molecular flexibility index (Phi) is 4.70. The van der Waals surface area contributed by atoms with Crippen molar-refractivity contribution in [2.75, 3.05) is 17.2 Å². The van der Waals surface area contributed by atoms with E-state index < -0.39 is 0 Å². The van der Waals surface area contributed by atoms with Crippen molar-refractivity contribution in [1.29, 1.82) is 0 Å². The van der Waals surface area contributed by atoms with Gasteiger partial charge < -0.3 is 10.6 Å². The molecule has 3 nitrogen and oxygen atoms in total. The second-order valence-corrected chi connectivity index (χ2v) is 5.91. The summed E-state index contributed by atoms with van der Waals surface area (Å²) < 4.78 is 0. The van der Waals surface area contributed by atoms with Crippen molar-refractivity contribution >= 4 is 51.3 Å². The summed E-state index contributed by atoms with van der Waals surface area (Å²) in [7, 11) is 0. The second-order valence-electron chi connectivity index (χ2n) is 5.09. The quantitative estimate of drug-likeness (QED) is 0.683. The van der Waals surface area contributed by atoms with Crippen LogP contribution in [0.5, 0.6) is 0 Å². The van der Waals surface area contributed by atoms with Crippen LogP contribution in [0, 0.1) is 0 Å². The van der Waals surface area contributed by atoms with Gasteiger partial charge in [0.15, 0.2) is 0 Å². The zero-order chi connectivity index (χ0) is 16.2. The lowest BCUT2D eigenvalue weighted by Gasteiger charge is -2.09. The average Bonchev–Trinajstić information content (AvgIpc) is 2.56. The fraction of sp³-hybridized carbons (Fsp3) is 0.0556. The van der Waals surface area contributed by atoms with Crippen LogP contribution in [0.2, 0.25) is 10.0 Å². The first-order valence-corrected chi connectivity index (χ1v) is 7.85. The van der Waals surface area contributed by atoms with Crippen molar-refractivity contribution < 1.29 is 4.79 Å². The molecule has 0 radical (unpaired) electrons. The number of benzene rings is 3. The molecule has 0 fully saturated rings. The van der Waals surface area contributed by atoms with Gasteiger partial charge >= 0.3 is 0 Å². The molecular formula is C18H14Cl2N2O. The third-order valence-corrected chi connectivity index (χ3v) is 4.14. The van der Waals surface area contributed by atoms with E-state index in [4.69, 9.17) is 23.2 Å². The Balaban J connectivity index is 1.62. The van der Waals surface area contributed by atoms with Crippen molar-refractivity contribution in [3.05, 3.63) is 70.7 Å². The highest BCUT2D eigenvalue weighted by Crippen LogP contribution is 2.25. The first-order chi connectivity index (χ1) is 11.1. The van der Waals surface area contributed by atoms with Gasteiger partial charge in [0.1, 0.15) is 0 Å². The molecule has 2 N–H and O–H groups in total. The van der Waals surface area contributed by atoms with E-state index in [9.17, 15) is 4.79 Å². The van der Waals surface area contributed by atoms with Crippen LogP contribution in [0.1, 0.15) is 0 Å². The normalized spacial score (nSPS) is 10.5. The first kappa shape index (κ1) is 15.7. The van der Waals surface area contributed by atoms with Crippen LogP contribution in [-0.4, -0.2) is 12.5 Å². The maximum absolute atomic E-state index is 12.0. The molecule has 0 atom stereocenters. The molecule has 3 aromatic rings. The van der Waals surface area contributed by atoms with Gasteiger partial charge in [-0.15, -0.1) is 0 Å². The standard InChI is InChI=1S/C18H14Cl2N2O/c19-16-8-7-14(10-17(16)20)21-11-18(23)22-15-6-5-12-3-1-2-4-13(12)9-15/h1-10,21H,11H2,(H,22,23). The maximum atomic E-state index is 12.0. The van der Waals surface area contributed by atoms with Gasteiger partial charge in [0.25, 0.3) is 0 Å². The molecule has 0 heterocycles. The van der Waals surface area contributed by atoms with Gasteiger partial charge in [-0.05, 0) is 41.1 Å². The molecule has 0 saturated heterocycles. The summed E-state index contributed by atoms with van der Waals surface area (Å²) in [5.74, 6) is -0.133. The van der Waals surface area contributed by atoms with E-state index in [0.717, 1.165) is 22.1 Å². The van der Waals surface area contributed by atoms with Gasteiger partial charge in [-0.3, -0.25) is 4.79 Å². The van der Waals surface area contributed by atoms with Gasteiger partial charge in [-0.2, -0.15) is 0 Å². The number of rotatable bonds is 4. The van der Waals surface area contributed by atoms with E-state index in [1.165, 1.54) is 0 Å². The SMILES string of the molecule is O=C(CNc1ccc(Cl)c(Cl)c1)Nc1ccc2ccccc2c1. The summed E-state index contributed by atoms with van der Waals surface area (Å²) in [5.41, 5.74) is 1.51. The molecule has 0 aliphatic carbocycles. The largest absolute Gasteiger partial charge is 0.376 e. The van der Waals surface area contributed by atoms with Gasteiger partial charge in [-0.25, -0.2) is 0 Å². The average molecular weight is 345 g/mol. The minimum atomic E-state index is -0.133. The van der Waals surface area contributed by atoms with Crippen LogP contribution in [0.15, 0.2) is 60.7 Å². The monoisotopic (exact) mass is 344 g/mol. The third-order valence-electron chi connectivity index (χ3n) is 3.41. The van der Waals surface area contributed by atoms with Crippen LogP contribution < -0.4 is 10.6 Å². The van der Waals surface area contributed by atoms with E-state index in [2.05, 4.69) is 10.6 Å². The Labute approximate surface area is 144 Å². The number of halogens is 2. The Morgan fingerprint density at radius 3 is 2.35 bits per heavy atom. The van der Waals surface area contributed by atoms with Crippen LogP contribution in [0.3, 0.4) is 0 Å². The van der Waals surface area contributed by atoms with Crippen LogP contribution in [0.25, 0.3) is 10.8 Å². The summed E-state index contributed by atoms with van der Waals surface area (Å²) in [4.78, 5) is 12.0. The molecule has 1 amide bonds. The maximum Gasteiger partial charge on any atom is 0.243 e. The minimum absolute atomic E-state index is 0.133. The Morgan fingerprint density at radius 2 is 1.57 bits per heavy atom. The molecule has 0 spiro atoms. The van der Waals surface area contributed by atoms with Crippen molar-refractivity contribution in [3.63, 3.8) is 0 Å². The van der Waals surface area contributed by atoms with Crippen LogP contribution in [0.4, 0.5) is 11.4 Å². The molecule has 5 heteroatoms. The van der Waals surface area contributed by atoms with Gasteiger partial charge in [-0.1, -0.05) is 53.5 Å². The number of amides is 1. The third kappa shape index (κ3) is 3.95. The highest BCUT2D eigenvalue weighted by atomic mass is 35.5. The molecule has 0 aliphatic rings. The summed E-state index contributed by atoms with van der Waals surface area (Å²) in [6.45, 7) is 0.144. The van der Waals surface area contributed by atoms with E-state index in [0.29, 0.717) is 10.0 Å². The molecule has 3 rings (SSSR count). The second kappa shape index (κ2) is 6.90. The van der Waals surface area contributed by atoms with Crippen LogP contribution >= 0.6 is 23.2 Å². The molecule has 0 saturated carbocycles. The predicted molar refractivity (Wildman–Crippen MR) is 97.5 cm³/mol. The lowest BCUT2D eigenvalue weighted by Crippen LogP contribution is -2.21. The molecule has 0 bridgehead atoms. The number of fused-ring (bicyclic) bond motifs is 1. The van der Waals surface area contributed by atoms with Gasteiger partial charge in [0.2, 0.25) is 5.91 Å². The van der Waals surface area contributed by atoms with Crippen molar-refractivity contribution in [3.8, 4) is 0 Å². The first-order valence-electron chi connectivity index (χ1n) is 7.09. The van der Waals surface area contributed by atoms with E-state index in [1.807, 2.05) is 42.5 Å². The van der Waals surface area contributed by atoms with Crippen molar-refractivity contribution in [1.82, 2.24) is 0 Å². The van der Waals surface area contributed by atoms with E-state index in [-0.39, 0.29) is 12.5 Å². The minimum Gasteiger partial charge on any atom is -0.376 e. The number of carbonyl (C=O) groups excluding carboxylic acids is 1. The fourth-order valence-electron chi connectivity index (χ4n) is 2.26. The molecule has 0 aromatic heterocycles. The number of carbonyl (C=O) groups is 1. The van der Waals surface area contributed by atoms with E-state index >= 15 is 0 Å². The summed E-state index contributed by atoms with van der Waals surface area (Å²) in [6.07, 6.45) is 0. The highest BCUT2D eigenvalue weighted by molar-refractivity contribution is 6.42. The van der Waals surface area contributed by atoms with E-state index in [1.54, 1.807) is 18.2 Å². The van der Waals surface area contributed by atoms with Gasteiger partial charge in [0.05, 0.1) is 16.6 Å². The Bertz CT molecular complexity index is 865. The zero-order valence-electron chi connectivity index (χ0n) is 12.1.